The summed E-state index contributed by atoms with van der Waals surface area (Å²) in [5, 5.41) is 4.56. The second kappa shape index (κ2) is 10.2. The highest BCUT2D eigenvalue weighted by Crippen LogP contribution is 2.19. The number of hydrogen-bond acceptors (Lipinski definition) is 4. The van der Waals surface area contributed by atoms with E-state index in [1.807, 2.05) is 23.1 Å². The van der Waals surface area contributed by atoms with Crippen LogP contribution in [0.2, 0.25) is 0 Å². The van der Waals surface area contributed by atoms with Crippen LogP contribution in [0.1, 0.15) is 5.56 Å². The number of anilines is 1. The van der Waals surface area contributed by atoms with Gasteiger partial charge in [-0.15, -0.1) is 0 Å². The fourth-order valence-electron chi connectivity index (χ4n) is 3.20. The number of piperazine rings is 1. The van der Waals surface area contributed by atoms with Crippen molar-refractivity contribution in [1.29, 1.82) is 0 Å². The summed E-state index contributed by atoms with van der Waals surface area (Å²) in [5.74, 6) is -5.57. The molecule has 0 bridgehead atoms. The Bertz CT molecular complexity index is 887. The van der Waals surface area contributed by atoms with Gasteiger partial charge in [0.05, 0.1) is 18.8 Å². The van der Waals surface area contributed by atoms with Gasteiger partial charge in [0.15, 0.2) is 17.5 Å². The molecule has 9 heteroatoms. The molecule has 0 unspecified atom stereocenters. The van der Waals surface area contributed by atoms with Gasteiger partial charge in [-0.25, -0.2) is 13.2 Å². The van der Waals surface area contributed by atoms with E-state index in [2.05, 4.69) is 27.7 Å². The van der Waals surface area contributed by atoms with Crippen molar-refractivity contribution >= 4 is 17.5 Å². The van der Waals surface area contributed by atoms with Crippen molar-refractivity contribution in [2.45, 2.75) is 6.54 Å². The number of hydrogen-bond donors (Lipinski definition) is 2. The number of nitrogens with one attached hydrogen (secondary N) is 2. The molecule has 0 aliphatic carbocycles. The van der Waals surface area contributed by atoms with E-state index in [1.54, 1.807) is 0 Å². The number of benzene rings is 2. The molecule has 1 aliphatic rings. The lowest BCUT2D eigenvalue weighted by molar-refractivity contribution is -0.125. The first-order valence-corrected chi connectivity index (χ1v) is 9.61. The number of carbonyl (C=O) groups excluding carboxylic acids is 2. The summed E-state index contributed by atoms with van der Waals surface area (Å²) in [6, 6.07) is 11.8. The SMILES string of the molecule is O=C(CN1CCN(Cc2ccccc2)CC1)NCC(=O)Nc1ccc(F)c(F)c1F. The largest absolute Gasteiger partial charge is 0.346 e. The molecule has 0 radical (unpaired) electrons. The molecule has 160 valence electrons. The minimum atomic E-state index is -1.66. The Morgan fingerprint density at radius 1 is 0.833 bits per heavy atom. The Labute approximate surface area is 172 Å². The maximum absolute atomic E-state index is 13.6. The first kappa shape index (κ1) is 21.8. The zero-order valence-corrected chi connectivity index (χ0v) is 16.3. The fourth-order valence-corrected chi connectivity index (χ4v) is 3.20. The number of rotatable bonds is 7. The van der Waals surface area contributed by atoms with Crippen LogP contribution in [0.3, 0.4) is 0 Å². The van der Waals surface area contributed by atoms with Crippen LogP contribution in [0, 0.1) is 17.5 Å². The third-order valence-electron chi connectivity index (χ3n) is 4.84. The molecule has 3 rings (SSSR count). The van der Waals surface area contributed by atoms with Crippen LogP contribution >= 0.6 is 0 Å². The van der Waals surface area contributed by atoms with E-state index in [0.717, 1.165) is 38.8 Å². The van der Waals surface area contributed by atoms with Crippen LogP contribution in [0.15, 0.2) is 42.5 Å². The molecular weight excluding hydrogens is 397 g/mol. The number of amides is 2. The summed E-state index contributed by atoms with van der Waals surface area (Å²) in [4.78, 5) is 28.2. The van der Waals surface area contributed by atoms with Crippen LogP contribution in [-0.2, 0) is 16.1 Å². The van der Waals surface area contributed by atoms with E-state index in [9.17, 15) is 22.8 Å². The maximum Gasteiger partial charge on any atom is 0.243 e. The average molecular weight is 420 g/mol. The molecular formula is C21H23F3N4O2. The molecule has 30 heavy (non-hydrogen) atoms. The van der Waals surface area contributed by atoms with Crippen molar-refractivity contribution in [1.82, 2.24) is 15.1 Å². The molecule has 2 amide bonds. The van der Waals surface area contributed by atoms with Gasteiger partial charge >= 0.3 is 0 Å². The van der Waals surface area contributed by atoms with E-state index in [0.29, 0.717) is 6.07 Å². The minimum absolute atomic E-state index is 0.145. The van der Waals surface area contributed by atoms with Gasteiger partial charge in [0.1, 0.15) is 0 Å². The van der Waals surface area contributed by atoms with E-state index in [4.69, 9.17) is 0 Å². The third kappa shape index (κ3) is 6.04. The van der Waals surface area contributed by atoms with Crippen molar-refractivity contribution in [3.05, 3.63) is 65.5 Å². The predicted molar refractivity (Wildman–Crippen MR) is 106 cm³/mol. The molecule has 2 N–H and O–H groups in total. The Morgan fingerprint density at radius 2 is 1.50 bits per heavy atom. The summed E-state index contributed by atoms with van der Waals surface area (Å²) in [5.41, 5.74) is 0.759. The zero-order chi connectivity index (χ0) is 21.5. The second-order valence-corrected chi connectivity index (χ2v) is 7.09. The molecule has 1 saturated heterocycles. The van der Waals surface area contributed by atoms with Crippen molar-refractivity contribution in [3.63, 3.8) is 0 Å². The van der Waals surface area contributed by atoms with Crippen LogP contribution in [0.25, 0.3) is 0 Å². The van der Waals surface area contributed by atoms with Crippen LogP contribution < -0.4 is 10.6 Å². The van der Waals surface area contributed by atoms with E-state index < -0.39 is 35.6 Å². The van der Waals surface area contributed by atoms with Gasteiger partial charge in [0.25, 0.3) is 0 Å². The van der Waals surface area contributed by atoms with Crippen molar-refractivity contribution in [2.24, 2.45) is 0 Å². The van der Waals surface area contributed by atoms with Gasteiger partial charge in [0.2, 0.25) is 11.8 Å². The second-order valence-electron chi connectivity index (χ2n) is 7.09. The molecule has 0 saturated carbocycles. The Balaban J connectivity index is 1.37. The highest BCUT2D eigenvalue weighted by Gasteiger charge is 2.20. The van der Waals surface area contributed by atoms with Crippen molar-refractivity contribution in [2.75, 3.05) is 44.6 Å². The fraction of sp³-hybridized carbons (Fsp3) is 0.333. The Kier molecular flexibility index (Phi) is 7.42. The molecule has 2 aromatic rings. The van der Waals surface area contributed by atoms with E-state index in [-0.39, 0.29) is 12.5 Å². The van der Waals surface area contributed by atoms with Crippen LogP contribution in [0.4, 0.5) is 18.9 Å². The average Bonchev–Trinajstić information content (AvgIpc) is 2.75. The summed E-state index contributed by atoms with van der Waals surface area (Å²) < 4.78 is 39.7. The van der Waals surface area contributed by atoms with E-state index in [1.165, 1.54) is 5.56 Å². The lowest BCUT2D eigenvalue weighted by Gasteiger charge is -2.34. The first-order valence-electron chi connectivity index (χ1n) is 9.61. The van der Waals surface area contributed by atoms with Crippen LogP contribution in [-0.4, -0.2) is 60.9 Å². The van der Waals surface area contributed by atoms with Gasteiger partial charge in [-0.1, -0.05) is 30.3 Å². The summed E-state index contributed by atoms with van der Waals surface area (Å²) >= 11 is 0. The summed E-state index contributed by atoms with van der Waals surface area (Å²) in [6.45, 7) is 3.73. The molecule has 0 spiro atoms. The van der Waals surface area contributed by atoms with E-state index >= 15 is 0 Å². The topological polar surface area (TPSA) is 64.7 Å². The highest BCUT2D eigenvalue weighted by molar-refractivity contribution is 5.94. The van der Waals surface area contributed by atoms with Crippen molar-refractivity contribution in [3.8, 4) is 0 Å². The smallest absolute Gasteiger partial charge is 0.243 e. The van der Waals surface area contributed by atoms with Gasteiger partial charge < -0.3 is 10.6 Å². The number of carbonyl (C=O) groups is 2. The molecule has 0 atom stereocenters. The third-order valence-corrected chi connectivity index (χ3v) is 4.84. The predicted octanol–water partition coefficient (Wildman–Crippen LogP) is 1.98. The van der Waals surface area contributed by atoms with Gasteiger partial charge in [-0.05, 0) is 17.7 Å². The molecule has 1 fully saturated rings. The summed E-state index contributed by atoms with van der Waals surface area (Å²) in [7, 11) is 0. The van der Waals surface area contributed by atoms with Gasteiger partial charge in [0, 0.05) is 32.7 Å². The number of nitrogens with zero attached hydrogens (tertiary/aromatic N) is 2. The zero-order valence-electron chi connectivity index (χ0n) is 16.3. The molecule has 2 aromatic carbocycles. The number of halogens is 3. The minimum Gasteiger partial charge on any atom is -0.346 e. The maximum atomic E-state index is 13.6. The highest BCUT2D eigenvalue weighted by atomic mass is 19.2. The Hall–Kier alpha value is -2.91. The quantitative estimate of drug-likeness (QED) is 0.673. The Morgan fingerprint density at radius 3 is 2.20 bits per heavy atom. The lowest BCUT2D eigenvalue weighted by Crippen LogP contribution is -2.49. The lowest BCUT2D eigenvalue weighted by atomic mass is 10.2. The molecule has 1 aliphatic heterocycles. The summed E-state index contributed by atoms with van der Waals surface area (Å²) in [6.07, 6.45) is 0. The molecule has 1 heterocycles. The van der Waals surface area contributed by atoms with Crippen LogP contribution in [0.5, 0.6) is 0 Å². The standard InChI is InChI=1S/C21H23F3N4O2/c22-16-6-7-17(21(24)20(16)23)26-18(29)12-25-19(30)14-28-10-8-27(9-11-28)13-15-4-2-1-3-5-15/h1-7H,8-14H2,(H,25,30)(H,26,29). The first-order chi connectivity index (χ1) is 14.4. The van der Waals surface area contributed by atoms with Crippen molar-refractivity contribution < 1.29 is 22.8 Å². The van der Waals surface area contributed by atoms with Gasteiger partial charge in [-0.2, -0.15) is 0 Å². The molecule has 6 nitrogen and oxygen atoms in total. The monoisotopic (exact) mass is 420 g/mol. The normalized spacial score (nSPS) is 15.0. The molecule has 0 aromatic heterocycles. The van der Waals surface area contributed by atoms with Gasteiger partial charge in [-0.3, -0.25) is 19.4 Å².